The number of nitrogens with one attached hydrogen (secondary N) is 1. The molecule has 0 spiro atoms. The smallest absolute Gasteiger partial charge is 0.337 e. The molecule has 0 unspecified atom stereocenters. The van der Waals surface area contributed by atoms with Gasteiger partial charge in [0.05, 0.1) is 31.6 Å². The number of fused-ring (bicyclic) bond motifs is 3. The van der Waals surface area contributed by atoms with Gasteiger partial charge in [-0.1, -0.05) is 6.07 Å². The molecule has 1 aromatic heterocycles. The molecule has 3 aliphatic rings. The predicted molar refractivity (Wildman–Crippen MR) is 114 cm³/mol. The third-order valence-electron chi connectivity index (χ3n) is 6.68. The van der Waals surface area contributed by atoms with E-state index in [1.54, 1.807) is 6.33 Å². The summed E-state index contributed by atoms with van der Waals surface area (Å²) in [6.45, 7) is 3.85. The molecule has 2 aromatic rings. The molecule has 1 saturated carbocycles. The first-order valence-electron chi connectivity index (χ1n) is 10.9. The Balaban J connectivity index is 1.30. The Labute approximate surface area is 176 Å². The van der Waals surface area contributed by atoms with Crippen molar-refractivity contribution < 1.29 is 14.3 Å². The fourth-order valence-corrected chi connectivity index (χ4v) is 5.08. The number of carbonyl (C=O) groups is 1. The van der Waals surface area contributed by atoms with E-state index in [0.717, 1.165) is 73.8 Å². The first-order chi connectivity index (χ1) is 14.7. The lowest BCUT2D eigenvalue weighted by Crippen LogP contribution is -2.46. The van der Waals surface area contributed by atoms with Crippen LogP contribution in [-0.2, 0) is 15.9 Å². The number of hydrogen-bond acceptors (Lipinski definition) is 7. The Kier molecular flexibility index (Phi) is 5.39. The van der Waals surface area contributed by atoms with Crippen molar-refractivity contribution in [2.45, 2.75) is 44.2 Å². The number of rotatable bonds is 4. The Hall–Kier alpha value is -2.51. The molecule has 5 rings (SSSR count). The minimum Gasteiger partial charge on any atom is -0.465 e. The predicted octanol–water partition coefficient (Wildman–Crippen LogP) is 2.89. The summed E-state index contributed by atoms with van der Waals surface area (Å²) in [7, 11) is 1.41. The minimum absolute atomic E-state index is 0.310. The zero-order chi connectivity index (χ0) is 20.5. The summed E-state index contributed by atoms with van der Waals surface area (Å²) in [4.78, 5) is 23.6. The van der Waals surface area contributed by atoms with Gasteiger partial charge in [0, 0.05) is 37.2 Å². The fraction of sp³-hybridized carbons (Fsp3) is 0.522. The summed E-state index contributed by atoms with van der Waals surface area (Å²) < 4.78 is 10.4. The number of ether oxygens (including phenoxy) is 2. The summed E-state index contributed by atoms with van der Waals surface area (Å²) in [6, 6.07) is 6.85. The third-order valence-corrected chi connectivity index (χ3v) is 6.68. The average Bonchev–Trinajstić information content (AvgIpc) is 3.18. The van der Waals surface area contributed by atoms with Crippen LogP contribution in [0.4, 0.5) is 5.82 Å². The van der Waals surface area contributed by atoms with Crippen molar-refractivity contribution in [3.8, 4) is 11.1 Å². The molecule has 0 radical (unpaired) electrons. The number of carbonyl (C=O) groups excluding carboxylic acids is 1. The maximum Gasteiger partial charge on any atom is 0.337 e. The molecule has 1 N–H and O–H groups in total. The van der Waals surface area contributed by atoms with Crippen molar-refractivity contribution in [3.05, 3.63) is 41.3 Å². The van der Waals surface area contributed by atoms with E-state index in [-0.39, 0.29) is 5.97 Å². The fourth-order valence-electron chi connectivity index (χ4n) is 5.08. The van der Waals surface area contributed by atoms with Gasteiger partial charge in [-0.05, 0) is 48.9 Å². The molecule has 1 aromatic carbocycles. The van der Waals surface area contributed by atoms with Crippen LogP contribution in [0.25, 0.3) is 11.1 Å². The van der Waals surface area contributed by atoms with E-state index in [4.69, 9.17) is 9.47 Å². The largest absolute Gasteiger partial charge is 0.465 e. The van der Waals surface area contributed by atoms with Crippen LogP contribution in [0.5, 0.6) is 0 Å². The van der Waals surface area contributed by atoms with E-state index in [2.05, 4.69) is 20.2 Å². The van der Waals surface area contributed by atoms with Gasteiger partial charge in [0.2, 0.25) is 0 Å². The number of anilines is 1. The zero-order valence-electron chi connectivity index (χ0n) is 17.4. The van der Waals surface area contributed by atoms with E-state index in [9.17, 15) is 4.79 Å². The highest BCUT2D eigenvalue weighted by atomic mass is 16.5. The summed E-state index contributed by atoms with van der Waals surface area (Å²) in [5.41, 5.74) is 4.90. The molecule has 1 saturated heterocycles. The van der Waals surface area contributed by atoms with Gasteiger partial charge in [0.15, 0.2) is 0 Å². The highest BCUT2D eigenvalue weighted by Gasteiger charge is 2.29. The number of aromatic nitrogens is 2. The molecule has 0 atom stereocenters. The number of hydrogen-bond donors (Lipinski definition) is 1. The van der Waals surface area contributed by atoms with Crippen LogP contribution >= 0.6 is 0 Å². The van der Waals surface area contributed by atoms with Crippen LogP contribution < -0.4 is 5.32 Å². The Bertz CT molecular complexity index is 934. The molecule has 7 nitrogen and oxygen atoms in total. The van der Waals surface area contributed by atoms with Gasteiger partial charge in [-0.25, -0.2) is 14.8 Å². The maximum atomic E-state index is 11.9. The average molecular weight is 409 g/mol. The van der Waals surface area contributed by atoms with Crippen molar-refractivity contribution >= 4 is 11.8 Å². The molecule has 0 bridgehead atoms. The molecular formula is C23H28N4O3. The normalized spacial score (nSPS) is 23.5. The van der Waals surface area contributed by atoms with Crippen LogP contribution in [0.3, 0.4) is 0 Å². The van der Waals surface area contributed by atoms with E-state index in [1.807, 2.05) is 18.2 Å². The van der Waals surface area contributed by atoms with Gasteiger partial charge in [-0.2, -0.15) is 0 Å². The Morgan fingerprint density at radius 1 is 1.17 bits per heavy atom. The summed E-state index contributed by atoms with van der Waals surface area (Å²) in [5.74, 6) is 0.606. The van der Waals surface area contributed by atoms with Crippen LogP contribution in [0, 0.1) is 0 Å². The van der Waals surface area contributed by atoms with Crippen molar-refractivity contribution in [2.24, 2.45) is 0 Å². The van der Waals surface area contributed by atoms with Crippen molar-refractivity contribution in [2.75, 3.05) is 38.7 Å². The molecule has 2 fully saturated rings. The molecule has 30 heavy (non-hydrogen) atoms. The van der Waals surface area contributed by atoms with Crippen molar-refractivity contribution in [1.82, 2.24) is 14.9 Å². The SMILES string of the molecule is COC(=O)c1ccc2c(c1)Cc1ncnc(NC3CCC(N4CCOCC4)CC3)c1-2. The number of esters is 1. The van der Waals surface area contributed by atoms with E-state index >= 15 is 0 Å². The van der Waals surface area contributed by atoms with Crippen molar-refractivity contribution in [1.29, 1.82) is 0 Å². The van der Waals surface area contributed by atoms with Gasteiger partial charge in [-0.15, -0.1) is 0 Å². The quantitative estimate of drug-likeness (QED) is 0.665. The second-order valence-corrected chi connectivity index (χ2v) is 8.38. The number of benzene rings is 1. The second kappa shape index (κ2) is 8.32. The molecule has 1 aliphatic heterocycles. The monoisotopic (exact) mass is 408 g/mol. The first-order valence-corrected chi connectivity index (χ1v) is 10.9. The molecule has 2 aliphatic carbocycles. The topological polar surface area (TPSA) is 76.6 Å². The highest BCUT2D eigenvalue weighted by molar-refractivity contribution is 5.92. The maximum absolute atomic E-state index is 11.9. The van der Waals surface area contributed by atoms with Crippen LogP contribution in [0.2, 0.25) is 0 Å². The lowest BCUT2D eigenvalue weighted by molar-refractivity contribution is 0.00791. The number of morpholine rings is 1. The van der Waals surface area contributed by atoms with Crippen LogP contribution in [0.15, 0.2) is 24.5 Å². The van der Waals surface area contributed by atoms with Crippen LogP contribution in [-0.4, -0.2) is 66.3 Å². The molecule has 2 heterocycles. The van der Waals surface area contributed by atoms with Crippen LogP contribution in [0.1, 0.15) is 47.3 Å². The lowest BCUT2D eigenvalue weighted by atomic mass is 9.89. The molecule has 158 valence electrons. The molecule has 7 heteroatoms. The standard InChI is InChI=1S/C23H28N4O3/c1-29-23(28)15-2-7-19-16(12-15)13-20-21(19)22(25-14-24-20)26-17-3-5-18(6-4-17)27-8-10-30-11-9-27/h2,7,12,14,17-18H,3-6,8-11,13H2,1H3,(H,24,25,26). The molecular weight excluding hydrogens is 380 g/mol. The van der Waals surface area contributed by atoms with E-state index < -0.39 is 0 Å². The van der Waals surface area contributed by atoms with Gasteiger partial charge in [0.1, 0.15) is 12.1 Å². The van der Waals surface area contributed by atoms with E-state index in [0.29, 0.717) is 17.6 Å². The van der Waals surface area contributed by atoms with Gasteiger partial charge in [0.25, 0.3) is 0 Å². The highest BCUT2D eigenvalue weighted by Crippen LogP contribution is 2.40. The van der Waals surface area contributed by atoms with Gasteiger partial charge in [-0.3, -0.25) is 4.90 Å². The van der Waals surface area contributed by atoms with E-state index in [1.165, 1.54) is 20.0 Å². The Morgan fingerprint density at radius 2 is 1.97 bits per heavy atom. The third kappa shape index (κ3) is 3.68. The van der Waals surface area contributed by atoms with Gasteiger partial charge < -0.3 is 14.8 Å². The summed E-state index contributed by atoms with van der Waals surface area (Å²) >= 11 is 0. The van der Waals surface area contributed by atoms with Gasteiger partial charge >= 0.3 is 5.97 Å². The zero-order valence-corrected chi connectivity index (χ0v) is 17.4. The number of nitrogens with zero attached hydrogens (tertiary/aromatic N) is 3. The lowest BCUT2D eigenvalue weighted by Gasteiger charge is -2.39. The first kappa shape index (κ1) is 19.5. The Morgan fingerprint density at radius 3 is 2.73 bits per heavy atom. The summed E-state index contributed by atoms with van der Waals surface area (Å²) in [5, 5.41) is 3.71. The van der Waals surface area contributed by atoms with Crippen molar-refractivity contribution in [3.63, 3.8) is 0 Å². The summed E-state index contributed by atoms with van der Waals surface area (Å²) in [6.07, 6.45) is 7.09. The minimum atomic E-state index is -0.310. The number of methoxy groups -OCH3 is 1. The molecule has 0 amide bonds. The second-order valence-electron chi connectivity index (χ2n) is 8.38.